The SMILES string of the molecule is O=C(O)c1cnc(Nc2ccc(Br)cc2F)cn1. The van der Waals surface area contributed by atoms with Crippen LogP contribution in [-0.4, -0.2) is 21.0 Å². The lowest BCUT2D eigenvalue weighted by Gasteiger charge is -2.06. The molecule has 0 spiro atoms. The molecule has 0 amide bonds. The summed E-state index contributed by atoms with van der Waals surface area (Å²) in [6.07, 6.45) is 2.33. The molecule has 1 heterocycles. The van der Waals surface area contributed by atoms with Crippen LogP contribution in [0.3, 0.4) is 0 Å². The van der Waals surface area contributed by atoms with E-state index in [1.165, 1.54) is 18.3 Å². The molecule has 0 radical (unpaired) electrons. The fraction of sp³-hybridized carbons (Fsp3) is 0. The molecule has 0 saturated carbocycles. The fourth-order valence-electron chi connectivity index (χ4n) is 1.23. The van der Waals surface area contributed by atoms with Gasteiger partial charge in [-0.15, -0.1) is 0 Å². The molecule has 0 aliphatic rings. The van der Waals surface area contributed by atoms with E-state index in [-0.39, 0.29) is 17.2 Å². The van der Waals surface area contributed by atoms with Crippen molar-refractivity contribution in [3.63, 3.8) is 0 Å². The molecule has 0 saturated heterocycles. The van der Waals surface area contributed by atoms with Gasteiger partial charge in [0.15, 0.2) is 5.69 Å². The Morgan fingerprint density at radius 3 is 2.67 bits per heavy atom. The van der Waals surface area contributed by atoms with Crippen LogP contribution in [0.15, 0.2) is 35.1 Å². The molecule has 0 fully saturated rings. The number of rotatable bonds is 3. The number of carboxylic acid groups (broad SMARTS) is 1. The number of carboxylic acids is 1. The van der Waals surface area contributed by atoms with Gasteiger partial charge >= 0.3 is 5.97 Å². The second kappa shape index (κ2) is 5.09. The Kier molecular flexibility index (Phi) is 3.52. The molecule has 2 rings (SSSR count). The number of halogens is 2. The summed E-state index contributed by atoms with van der Waals surface area (Å²) in [5.74, 6) is -1.35. The molecule has 1 aromatic carbocycles. The van der Waals surface area contributed by atoms with E-state index in [4.69, 9.17) is 5.11 Å². The zero-order valence-corrected chi connectivity index (χ0v) is 10.5. The Morgan fingerprint density at radius 2 is 2.11 bits per heavy atom. The quantitative estimate of drug-likeness (QED) is 0.911. The van der Waals surface area contributed by atoms with Gasteiger partial charge in [-0.3, -0.25) is 0 Å². The van der Waals surface area contributed by atoms with Gasteiger partial charge in [-0.25, -0.2) is 19.2 Å². The van der Waals surface area contributed by atoms with Crippen LogP contribution in [0.2, 0.25) is 0 Å². The molecule has 0 aliphatic heterocycles. The summed E-state index contributed by atoms with van der Waals surface area (Å²) in [7, 11) is 0. The maximum atomic E-state index is 13.5. The molecular weight excluding hydrogens is 305 g/mol. The van der Waals surface area contributed by atoms with Crippen LogP contribution in [0.4, 0.5) is 15.9 Å². The minimum absolute atomic E-state index is 0.170. The molecule has 92 valence electrons. The van der Waals surface area contributed by atoms with E-state index in [1.54, 1.807) is 6.07 Å². The lowest BCUT2D eigenvalue weighted by atomic mass is 10.3. The number of aromatic carboxylic acids is 1. The topological polar surface area (TPSA) is 75.1 Å². The van der Waals surface area contributed by atoms with Gasteiger partial charge in [0.25, 0.3) is 0 Å². The van der Waals surface area contributed by atoms with Crippen LogP contribution < -0.4 is 5.32 Å². The average molecular weight is 312 g/mol. The van der Waals surface area contributed by atoms with Gasteiger partial charge in [-0.05, 0) is 18.2 Å². The number of aromatic nitrogens is 2. The van der Waals surface area contributed by atoms with Gasteiger partial charge in [0.05, 0.1) is 18.1 Å². The highest BCUT2D eigenvalue weighted by Crippen LogP contribution is 2.21. The summed E-state index contributed by atoms with van der Waals surface area (Å²) in [5.41, 5.74) is 0.0624. The molecule has 1 aromatic heterocycles. The van der Waals surface area contributed by atoms with Crippen molar-refractivity contribution in [2.45, 2.75) is 0 Å². The molecule has 7 heteroatoms. The predicted molar refractivity (Wildman–Crippen MR) is 66.4 cm³/mol. The Labute approximate surface area is 110 Å². The first-order valence-electron chi connectivity index (χ1n) is 4.83. The molecule has 0 atom stereocenters. The van der Waals surface area contributed by atoms with Crippen LogP contribution in [0, 0.1) is 5.82 Å². The number of nitrogens with one attached hydrogen (secondary N) is 1. The minimum atomic E-state index is -1.16. The third kappa shape index (κ3) is 2.80. The summed E-state index contributed by atoms with van der Waals surface area (Å²) in [5, 5.41) is 11.4. The second-order valence-electron chi connectivity index (χ2n) is 3.34. The highest BCUT2D eigenvalue weighted by atomic mass is 79.9. The third-order valence-electron chi connectivity index (χ3n) is 2.06. The molecule has 2 N–H and O–H groups in total. The Morgan fingerprint density at radius 1 is 1.33 bits per heavy atom. The van der Waals surface area contributed by atoms with Crippen LogP contribution >= 0.6 is 15.9 Å². The number of anilines is 2. The lowest BCUT2D eigenvalue weighted by Crippen LogP contribution is -2.03. The van der Waals surface area contributed by atoms with Crippen molar-refractivity contribution in [3.8, 4) is 0 Å². The van der Waals surface area contributed by atoms with Crippen molar-refractivity contribution in [1.82, 2.24) is 9.97 Å². The summed E-state index contributed by atoms with van der Waals surface area (Å²) in [4.78, 5) is 18.1. The smallest absolute Gasteiger partial charge is 0.356 e. The van der Waals surface area contributed by atoms with Crippen molar-refractivity contribution >= 4 is 33.4 Å². The van der Waals surface area contributed by atoms with E-state index in [0.717, 1.165) is 6.20 Å². The first kappa shape index (κ1) is 12.4. The van der Waals surface area contributed by atoms with Crippen molar-refractivity contribution < 1.29 is 14.3 Å². The van der Waals surface area contributed by atoms with Crippen LogP contribution in [0.1, 0.15) is 10.5 Å². The molecular formula is C11H7BrFN3O2. The number of benzene rings is 1. The van der Waals surface area contributed by atoms with Gasteiger partial charge in [-0.1, -0.05) is 15.9 Å². The van der Waals surface area contributed by atoms with Crippen molar-refractivity contribution in [3.05, 3.63) is 46.6 Å². The zero-order valence-electron chi connectivity index (χ0n) is 8.89. The zero-order chi connectivity index (χ0) is 13.1. The van der Waals surface area contributed by atoms with Crippen LogP contribution in [0.25, 0.3) is 0 Å². The number of hydrogen-bond donors (Lipinski definition) is 2. The molecule has 2 aromatic rings. The molecule has 18 heavy (non-hydrogen) atoms. The highest BCUT2D eigenvalue weighted by molar-refractivity contribution is 9.10. The van der Waals surface area contributed by atoms with Crippen molar-refractivity contribution in [1.29, 1.82) is 0 Å². The van der Waals surface area contributed by atoms with E-state index in [9.17, 15) is 9.18 Å². The first-order chi connectivity index (χ1) is 8.56. The number of carbonyl (C=O) groups is 1. The maximum Gasteiger partial charge on any atom is 0.356 e. The first-order valence-corrected chi connectivity index (χ1v) is 5.63. The van der Waals surface area contributed by atoms with Gasteiger partial charge in [0, 0.05) is 4.47 Å². The number of nitrogens with zero attached hydrogens (tertiary/aromatic N) is 2. The van der Waals surface area contributed by atoms with Crippen LogP contribution in [-0.2, 0) is 0 Å². The van der Waals surface area contributed by atoms with Crippen molar-refractivity contribution in [2.75, 3.05) is 5.32 Å². The van der Waals surface area contributed by atoms with E-state index in [0.29, 0.717) is 4.47 Å². The highest BCUT2D eigenvalue weighted by Gasteiger charge is 2.07. The van der Waals surface area contributed by atoms with Crippen molar-refractivity contribution in [2.24, 2.45) is 0 Å². The number of hydrogen-bond acceptors (Lipinski definition) is 4. The molecule has 0 unspecified atom stereocenters. The summed E-state index contributed by atoms with van der Waals surface area (Å²) in [6.45, 7) is 0. The van der Waals surface area contributed by atoms with Gasteiger partial charge < -0.3 is 10.4 Å². The largest absolute Gasteiger partial charge is 0.476 e. The third-order valence-corrected chi connectivity index (χ3v) is 2.56. The lowest BCUT2D eigenvalue weighted by molar-refractivity contribution is 0.0690. The standard InChI is InChI=1S/C11H7BrFN3O2/c12-6-1-2-8(7(13)3-6)16-10-5-14-9(4-15-10)11(17)18/h1-5H,(H,15,16)(H,17,18). The second-order valence-corrected chi connectivity index (χ2v) is 4.26. The molecule has 5 nitrogen and oxygen atoms in total. The summed E-state index contributed by atoms with van der Waals surface area (Å²) in [6, 6.07) is 4.51. The molecule has 0 aliphatic carbocycles. The summed E-state index contributed by atoms with van der Waals surface area (Å²) >= 11 is 3.15. The Hall–Kier alpha value is -2.02. The average Bonchev–Trinajstić information content (AvgIpc) is 2.33. The van der Waals surface area contributed by atoms with E-state index in [1.807, 2.05) is 0 Å². The van der Waals surface area contributed by atoms with E-state index >= 15 is 0 Å². The van der Waals surface area contributed by atoms with Gasteiger partial charge in [0.1, 0.15) is 11.6 Å². The maximum absolute atomic E-state index is 13.5. The fourth-order valence-corrected chi connectivity index (χ4v) is 1.57. The van der Waals surface area contributed by atoms with E-state index < -0.39 is 11.8 Å². The van der Waals surface area contributed by atoms with Gasteiger partial charge in [-0.2, -0.15) is 0 Å². The van der Waals surface area contributed by atoms with Gasteiger partial charge in [0.2, 0.25) is 0 Å². The Bertz CT molecular complexity index is 589. The Balaban J connectivity index is 2.21. The van der Waals surface area contributed by atoms with E-state index in [2.05, 4.69) is 31.2 Å². The molecule has 0 bridgehead atoms. The summed E-state index contributed by atoms with van der Waals surface area (Å²) < 4.78 is 14.1. The monoisotopic (exact) mass is 311 g/mol. The minimum Gasteiger partial charge on any atom is -0.476 e. The predicted octanol–water partition coefficient (Wildman–Crippen LogP) is 2.82. The van der Waals surface area contributed by atoms with Crippen LogP contribution in [0.5, 0.6) is 0 Å². The normalized spacial score (nSPS) is 10.1.